The number of nitro benzene ring substituents is 1. The fraction of sp³-hybridized carbons (Fsp3) is 0.208. The monoisotopic (exact) mass is 533 g/mol. The molecule has 10 nitrogen and oxygen atoms in total. The quantitative estimate of drug-likeness (QED) is 0.307. The minimum atomic E-state index is -4.45. The molecule has 36 heavy (non-hydrogen) atoms. The maximum Gasteiger partial charge on any atom is 0.273 e. The molecule has 0 aliphatic rings. The number of aryl methyl sites for hydroxylation is 1. The Kier molecular flexibility index (Phi) is 8.38. The third kappa shape index (κ3) is 6.04. The van der Waals surface area contributed by atoms with Crippen LogP contribution in [0.15, 0.2) is 65.6 Å². The molecule has 1 amide bonds. The molecule has 0 atom stereocenters. The summed E-state index contributed by atoms with van der Waals surface area (Å²) in [5.74, 6) is 0.188. The number of hydrogen-bond acceptors (Lipinski definition) is 7. The van der Waals surface area contributed by atoms with E-state index in [-0.39, 0.29) is 33.6 Å². The highest BCUT2D eigenvalue weighted by atomic mass is 35.5. The summed E-state index contributed by atoms with van der Waals surface area (Å²) in [6, 6.07) is 14.9. The minimum Gasteiger partial charge on any atom is -0.497 e. The minimum absolute atomic E-state index is 0.00725. The Labute approximate surface area is 213 Å². The Bertz CT molecular complexity index is 1380. The van der Waals surface area contributed by atoms with Crippen LogP contribution in [0.5, 0.6) is 11.5 Å². The summed E-state index contributed by atoms with van der Waals surface area (Å²) in [4.78, 5) is 23.3. The van der Waals surface area contributed by atoms with E-state index in [0.717, 1.165) is 15.9 Å². The average Bonchev–Trinajstić information content (AvgIpc) is 2.86. The van der Waals surface area contributed by atoms with Crippen LogP contribution in [0.1, 0.15) is 11.1 Å². The van der Waals surface area contributed by atoms with Crippen molar-refractivity contribution in [1.82, 2.24) is 5.32 Å². The molecule has 0 saturated heterocycles. The van der Waals surface area contributed by atoms with Gasteiger partial charge in [0.1, 0.15) is 18.0 Å². The van der Waals surface area contributed by atoms with E-state index in [1.54, 1.807) is 31.4 Å². The predicted octanol–water partition coefficient (Wildman–Crippen LogP) is 4.09. The van der Waals surface area contributed by atoms with Crippen molar-refractivity contribution >= 4 is 38.9 Å². The number of carbonyl (C=O) groups is 1. The third-order valence-corrected chi connectivity index (χ3v) is 7.30. The maximum absolute atomic E-state index is 13.7. The van der Waals surface area contributed by atoms with E-state index in [1.165, 1.54) is 44.4 Å². The maximum atomic E-state index is 13.7. The molecule has 0 unspecified atom stereocenters. The highest BCUT2D eigenvalue weighted by Gasteiger charge is 2.31. The van der Waals surface area contributed by atoms with Gasteiger partial charge in [-0.05, 0) is 48.9 Å². The van der Waals surface area contributed by atoms with Crippen LogP contribution in [0.25, 0.3) is 0 Å². The standard InChI is InChI=1S/C24H24ClN3O7S/c1-16-4-10-20(13-21(16)28(30)31)36(32,33)27(22-12-18(25)7-11-23(22)35-3)15-24(29)26-14-17-5-8-19(34-2)9-6-17/h4-13H,14-15H2,1-3H3,(H,26,29). The van der Waals surface area contributed by atoms with E-state index in [0.29, 0.717) is 11.3 Å². The molecule has 0 bridgehead atoms. The number of sulfonamides is 1. The van der Waals surface area contributed by atoms with E-state index < -0.39 is 27.4 Å². The second-order valence-electron chi connectivity index (χ2n) is 7.66. The molecular formula is C24H24ClN3O7S. The molecule has 0 heterocycles. The number of nitro groups is 1. The van der Waals surface area contributed by atoms with Crippen molar-refractivity contribution in [2.45, 2.75) is 18.4 Å². The lowest BCUT2D eigenvalue weighted by Gasteiger charge is -2.26. The lowest BCUT2D eigenvalue weighted by Crippen LogP contribution is -2.41. The second-order valence-corrected chi connectivity index (χ2v) is 9.96. The van der Waals surface area contributed by atoms with Crippen LogP contribution in [-0.2, 0) is 21.4 Å². The topological polar surface area (TPSA) is 128 Å². The molecule has 0 radical (unpaired) electrons. The van der Waals surface area contributed by atoms with Gasteiger partial charge in [0.15, 0.2) is 0 Å². The van der Waals surface area contributed by atoms with Gasteiger partial charge in [-0.15, -0.1) is 0 Å². The van der Waals surface area contributed by atoms with Crippen LogP contribution in [0.4, 0.5) is 11.4 Å². The number of benzene rings is 3. The number of hydrogen-bond donors (Lipinski definition) is 1. The van der Waals surface area contributed by atoms with Crippen molar-refractivity contribution in [3.05, 3.63) is 86.9 Å². The van der Waals surface area contributed by atoms with Gasteiger partial charge in [0.25, 0.3) is 15.7 Å². The molecule has 0 aliphatic heterocycles. The fourth-order valence-electron chi connectivity index (χ4n) is 3.36. The molecule has 3 rings (SSSR count). The van der Waals surface area contributed by atoms with Crippen LogP contribution in [-0.4, -0.2) is 40.0 Å². The highest BCUT2D eigenvalue weighted by Crippen LogP contribution is 2.35. The summed E-state index contributed by atoms with van der Waals surface area (Å²) in [7, 11) is -1.56. The Morgan fingerprint density at radius 3 is 2.36 bits per heavy atom. The smallest absolute Gasteiger partial charge is 0.273 e. The molecule has 3 aromatic rings. The van der Waals surface area contributed by atoms with Gasteiger partial charge in [0, 0.05) is 23.2 Å². The van der Waals surface area contributed by atoms with Gasteiger partial charge >= 0.3 is 0 Å². The first-order chi connectivity index (χ1) is 17.1. The van der Waals surface area contributed by atoms with Gasteiger partial charge in [0.05, 0.1) is 29.7 Å². The molecule has 0 fully saturated rings. The molecule has 0 saturated carbocycles. The van der Waals surface area contributed by atoms with Gasteiger partial charge < -0.3 is 14.8 Å². The second kappa shape index (κ2) is 11.3. The normalized spacial score (nSPS) is 11.0. The Balaban J connectivity index is 1.98. The third-order valence-electron chi connectivity index (χ3n) is 5.31. The summed E-state index contributed by atoms with van der Waals surface area (Å²) < 4.78 is 38.6. The number of rotatable bonds is 10. The zero-order chi connectivity index (χ0) is 26.5. The van der Waals surface area contributed by atoms with Gasteiger partial charge in [-0.2, -0.15) is 0 Å². The Hall–Kier alpha value is -3.83. The summed E-state index contributed by atoms with van der Waals surface area (Å²) >= 11 is 6.13. The van der Waals surface area contributed by atoms with Crippen molar-refractivity contribution in [2.24, 2.45) is 0 Å². The summed E-state index contributed by atoms with van der Waals surface area (Å²) in [6.07, 6.45) is 0. The largest absolute Gasteiger partial charge is 0.497 e. The molecule has 190 valence electrons. The van der Waals surface area contributed by atoms with E-state index in [9.17, 15) is 23.3 Å². The van der Waals surface area contributed by atoms with Crippen molar-refractivity contribution < 1.29 is 27.6 Å². The van der Waals surface area contributed by atoms with Crippen LogP contribution in [0.3, 0.4) is 0 Å². The number of amides is 1. The van der Waals surface area contributed by atoms with Crippen LogP contribution in [0.2, 0.25) is 5.02 Å². The summed E-state index contributed by atoms with van der Waals surface area (Å²) in [5, 5.41) is 14.3. The van der Waals surface area contributed by atoms with Gasteiger partial charge in [-0.1, -0.05) is 29.8 Å². The van der Waals surface area contributed by atoms with Crippen molar-refractivity contribution in [2.75, 3.05) is 25.1 Å². The summed E-state index contributed by atoms with van der Waals surface area (Å²) in [6.45, 7) is 1.01. The number of nitrogens with zero attached hydrogens (tertiary/aromatic N) is 2. The molecule has 3 aromatic carbocycles. The Morgan fingerprint density at radius 1 is 1.06 bits per heavy atom. The first-order valence-corrected chi connectivity index (χ1v) is 12.4. The van der Waals surface area contributed by atoms with Crippen molar-refractivity contribution in [3.8, 4) is 11.5 Å². The predicted molar refractivity (Wildman–Crippen MR) is 135 cm³/mol. The number of anilines is 1. The van der Waals surface area contributed by atoms with E-state index >= 15 is 0 Å². The lowest BCUT2D eigenvalue weighted by atomic mass is 10.2. The van der Waals surface area contributed by atoms with Crippen LogP contribution < -0.4 is 19.1 Å². The molecule has 12 heteroatoms. The number of carbonyl (C=O) groups excluding carboxylic acids is 1. The molecule has 0 spiro atoms. The lowest BCUT2D eigenvalue weighted by molar-refractivity contribution is -0.385. The number of ether oxygens (including phenoxy) is 2. The van der Waals surface area contributed by atoms with Gasteiger partial charge in [-0.3, -0.25) is 19.2 Å². The Morgan fingerprint density at radius 2 is 1.75 bits per heavy atom. The van der Waals surface area contributed by atoms with Crippen molar-refractivity contribution in [1.29, 1.82) is 0 Å². The van der Waals surface area contributed by atoms with E-state index in [1.807, 2.05) is 0 Å². The van der Waals surface area contributed by atoms with Crippen LogP contribution >= 0.6 is 11.6 Å². The molecule has 1 N–H and O–H groups in total. The number of nitrogens with one attached hydrogen (secondary N) is 1. The fourth-order valence-corrected chi connectivity index (χ4v) is 4.97. The zero-order valence-corrected chi connectivity index (χ0v) is 21.3. The van der Waals surface area contributed by atoms with E-state index in [2.05, 4.69) is 5.32 Å². The van der Waals surface area contributed by atoms with Crippen molar-refractivity contribution in [3.63, 3.8) is 0 Å². The first kappa shape index (κ1) is 26.8. The van der Waals surface area contributed by atoms with Crippen LogP contribution in [0, 0.1) is 17.0 Å². The van der Waals surface area contributed by atoms with Gasteiger partial charge in [-0.25, -0.2) is 8.42 Å². The molecule has 0 aliphatic carbocycles. The number of halogens is 1. The first-order valence-electron chi connectivity index (χ1n) is 10.6. The van der Waals surface area contributed by atoms with E-state index in [4.69, 9.17) is 21.1 Å². The zero-order valence-electron chi connectivity index (χ0n) is 19.7. The average molecular weight is 534 g/mol. The SMILES string of the molecule is COc1ccc(CNC(=O)CN(c2cc(Cl)ccc2OC)S(=O)(=O)c2ccc(C)c([N+](=O)[O-])c2)cc1. The van der Waals surface area contributed by atoms with Gasteiger partial charge in [0.2, 0.25) is 5.91 Å². The summed E-state index contributed by atoms with van der Waals surface area (Å²) in [5.41, 5.74) is 0.710. The molecular weight excluding hydrogens is 510 g/mol. The molecule has 0 aromatic heterocycles. The highest BCUT2D eigenvalue weighted by molar-refractivity contribution is 7.92. The number of methoxy groups -OCH3 is 2.